The standard InChI is InChI=1S/C17H14F4N2O/c18-12-4-1-10(2-5-12)15-6-3-11(8-22-15)13-7-14(13)16(24)23-9-17(19,20)21/h1-6,8,13-14H,7,9H2,(H,23,24)/t13-,14?/m0/s1. The number of aromatic nitrogens is 1. The van der Waals surface area contributed by atoms with E-state index in [-0.39, 0.29) is 11.7 Å². The maximum absolute atomic E-state index is 12.9. The monoisotopic (exact) mass is 338 g/mol. The molecule has 126 valence electrons. The Morgan fingerprint density at radius 2 is 1.88 bits per heavy atom. The summed E-state index contributed by atoms with van der Waals surface area (Å²) in [7, 11) is 0. The zero-order valence-electron chi connectivity index (χ0n) is 12.5. The molecule has 1 fully saturated rings. The van der Waals surface area contributed by atoms with Crippen molar-refractivity contribution in [3.05, 3.63) is 54.0 Å². The van der Waals surface area contributed by atoms with E-state index < -0.39 is 24.5 Å². The van der Waals surface area contributed by atoms with E-state index in [9.17, 15) is 22.4 Å². The maximum Gasteiger partial charge on any atom is 0.405 e. The van der Waals surface area contributed by atoms with Gasteiger partial charge in [-0.3, -0.25) is 9.78 Å². The summed E-state index contributed by atoms with van der Waals surface area (Å²) in [6.45, 7) is -1.31. The number of carbonyl (C=O) groups is 1. The summed E-state index contributed by atoms with van der Waals surface area (Å²) in [4.78, 5) is 16.0. The molecular formula is C17H14F4N2O. The van der Waals surface area contributed by atoms with E-state index in [2.05, 4.69) is 4.98 Å². The highest BCUT2D eigenvalue weighted by atomic mass is 19.4. The van der Waals surface area contributed by atoms with E-state index >= 15 is 0 Å². The molecule has 2 aromatic rings. The van der Waals surface area contributed by atoms with Gasteiger partial charge in [0.05, 0.1) is 5.69 Å². The Morgan fingerprint density at radius 1 is 1.17 bits per heavy atom. The Labute approximate surface area is 135 Å². The van der Waals surface area contributed by atoms with Gasteiger partial charge < -0.3 is 5.32 Å². The Kier molecular flexibility index (Phi) is 4.26. The molecule has 1 aliphatic rings. The third-order valence-corrected chi connectivity index (χ3v) is 3.94. The molecule has 0 spiro atoms. The highest BCUT2D eigenvalue weighted by Crippen LogP contribution is 2.47. The lowest BCUT2D eigenvalue weighted by molar-refractivity contribution is -0.139. The summed E-state index contributed by atoms with van der Waals surface area (Å²) in [5.74, 6) is -1.46. The Morgan fingerprint density at radius 3 is 2.46 bits per heavy atom. The highest BCUT2D eigenvalue weighted by molar-refractivity contribution is 5.82. The number of pyridine rings is 1. The van der Waals surface area contributed by atoms with Gasteiger partial charge in [0, 0.05) is 17.7 Å². The first-order chi connectivity index (χ1) is 11.3. The van der Waals surface area contributed by atoms with Crippen molar-refractivity contribution in [3.8, 4) is 11.3 Å². The molecule has 24 heavy (non-hydrogen) atoms. The minimum absolute atomic E-state index is 0.104. The summed E-state index contributed by atoms with van der Waals surface area (Å²) in [5.41, 5.74) is 2.24. The van der Waals surface area contributed by atoms with Crippen molar-refractivity contribution in [1.82, 2.24) is 10.3 Å². The molecule has 1 aliphatic carbocycles. The average Bonchev–Trinajstić information content (AvgIpc) is 3.33. The molecular weight excluding hydrogens is 324 g/mol. The summed E-state index contributed by atoms with van der Waals surface area (Å²) < 4.78 is 49.2. The molecule has 1 aromatic carbocycles. The molecule has 2 atom stereocenters. The molecule has 1 aromatic heterocycles. The molecule has 0 bridgehead atoms. The number of amides is 1. The number of benzene rings is 1. The first-order valence-electron chi connectivity index (χ1n) is 7.40. The van der Waals surface area contributed by atoms with Gasteiger partial charge >= 0.3 is 6.18 Å². The van der Waals surface area contributed by atoms with Crippen molar-refractivity contribution in [3.63, 3.8) is 0 Å². The van der Waals surface area contributed by atoms with E-state index in [0.717, 1.165) is 11.1 Å². The molecule has 3 nitrogen and oxygen atoms in total. The van der Waals surface area contributed by atoms with Crippen LogP contribution in [0.15, 0.2) is 42.6 Å². The van der Waals surface area contributed by atoms with Crippen LogP contribution in [0.1, 0.15) is 17.9 Å². The van der Waals surface area contributed by atoms with Crippen LogP contribution in [0.3, 0.4) is 0 Å². The van der Waals surface area contributed by atoms with Gasteiger partial charge in [-0.25, -0.2) is 4.39 Å². The van der Waals surface area contributed by atoms with Gasteiger partial charge in [0.15, 0.2) is 0 Å². The predicted octanol–water partition coefficient (Wildman–Crippen LogP) is 3.67. The SMILES string of the molecule is O=C(NCC(F)(F)F)C1C[C@H]1c1ccc(-c2ccc(F)cc2)nc1. The summed E-state index contributed by atoms with van der Waals surface area (Å²) >= 11 is 0. The fourth-order valence-corrected chi connectivity index (χ4v) is 2.59. The topological polar surface area (TPSA) is 42.0 Å². The lowest BCUT2D eigenvalue weighted by Crippen LogP contribution is -2.34. The van der Waals surface area contributed by atoms with Crippen LogP contribution in [0.4, 0.5) is 17.6 Å². The fraction of sp³-hybridized carbons (Fsp3) is 0.294. The third-order valence-electron chi connectivity index (χ3n) is 3.94. The van der Waals surface area contributed by atoms with Gasteiger partial charge in [-0.15, -0.1) is 0 Å². The molecule has 0 radical (unpaired) electrons. The molecule has 1 amide bonds. The fourth-order valence-electron chi connectivity index (χ4n) is 2.59. The van der Waals surface area contributed by atoms with Crippen LogP contribution in [0, 0.1) is 11.7 Å². The van der Waals surface area contributed by atoms with Crippen molar-refractivity contribution >= 4 is 5.91 Å². The second-order valence-electron chi connectivity index (χ2n) is 5.77. The molecule has 1 saturated carbocycles. The first-order valence-corrected chi connectivity index (χ1v) is 7.40. The van der Waals surface area contributed by atoms with E-state index in [1.54, 1.807) is 30.5 Å². The predicted molar refractivity (Wildman–Crippen MR) is 79.5 cm³/mol. The lowest BCUT2D eigenvalue weighted by atomic mass is 10.1. The Balaban J connectivity index is 1.61. The first kappa shape index (κ1) is 16.4. The number of hydrogen-bond acceptors (Lipinski definition) is 2. The van der Waals surface area contributed by atoms with E-state index in [4.69, 9.17) is 0 Å². The second kappa shape index (κ2) is 6.22. The average molecular weight is 338 g/mol. The summed E-state index contributed by atoms with van der Waals surface area (Å²) in [6, 6.07) is 9.46. The number of rotatable bonds is 4. The van der Waals surface area contributed by atoms with Crippen LogP contribution in [0.5, 0.6) is 0 Å². The van der Waals surface area contributed by atoms with Gasteiger partial charge in [0.1, 0.15) is 12.4 Å². The molecule has 7 heteroatoms. The highest BCUT2D eigenvalue weighted by Gasteiger charge is 2.44. The van der Waals surface area contributed by atoms with Crippen molar-refractivity contribution < 1.29 is 22.4 Å². The molecule has 1 heterocycles. The van der Waals surface area contributed by atoms with Crippen LogP contribution in [-0.4, -0.2) is 23.6 Å². The Hall–Kier alpha value is -2.44. The third kappa shape index (κ3) is 3.90. The van der Waals surface area contributed by atoms with Crippen LogP contribution < -0.4 is 5.32 Å². The van der Waals surface area contributed by atoms with Gasteiger partial charge in [-0.2, -0.15) is 13.2 Å². The zero-order valence-corrected chi connectivity index (χ0v) is 12.5. The lowest BCUT2D eigenvalue weighted by Gasteiger charge is -2.08. The maximum atomic E-state index is 12.9. The number of nitrogens with zero attached hydrogens (tertiary/aromatic N) is 1. The second-order valence-corrected chi connectivity index (χ2v) is 5.77. The molecule has 1 unspecified atom stereocenters. The molecule has 1 N–H and O–H groups in total. The van der Waals surface area contributed by atoms with Crippen LogP contribution >= 0.6 is 0 Å². The molecule has 3 rings (SSSR count). The van der Waals surface area contributed by atoms with Crippen molar-refractivity contribution in [2.75, 3.05) is 6.54 Å². The number of alkyl halides is 3. The van der Waals surface area contributed by atoms with Crippen LogP contribution in [-0.2, 0) is 4.79 Å². The smallest absolute Gasteiger partial charge is 0.347 e. The Bertz CT molecular complexity index is 726. The quantitative estimate of drug-likeness (QED) is 0.865. The summed E-state index contributed by atoms with van der Waals surface area (Å²) in [6.07, 6.45) is -2.28. The number of hydrogen-bond donors (Lipinski definition) is 1. The zero-order chi connectivity index (χ0) is 17.3. The number of nitrogens with one attached hydrogen (secondary N) is 1. The van der Waals surface area contributed by atoms with Gasteiger partial charge in [0.25, 0.3) is 0 Å². The van der Waals surface area contributed by atoms with Crippen molar-refractivity contribution in [2.24, 2.45) is 5.92 Å². The number of halogens is 4. The minimum atomic E-state index is -4.40. The number of carbonyl (C=O) groups excluding carboxylic acids is 1. The van der Waals surface area contributed by atoms with Gasteiger partial charge in [0.2, 0.25) is 5.91 Å². The largest absolute Gasteiger partial charge is 0.405 e. The van der Waals surface area contributed by atoms with Gasteiger partial charge in [-0.1, -0.05) is 6.07 Å². The van der Waals surface area contributed by atoms with Crippen molar-refractivity contribution in [2.45, 2.75) is 18.5 Å². The van der Waals surface area contributed by atoms with E-state index in [1.807, 2.05) is 5.32 Å². The van der Waals surface area contributed by atoms with Crippen LogP contribution in [0.2, 0.25) is 0 Å². The molecule has 0 aliphatic heterocycles. The van der Waals surface area contributed by atoms with E-state index in [1.165, 1.54) is 12.1 Å². The van der Waals surface area contributed by atoms with Crippen LogP contribution in [0.25, 0.3) is 11.3 Å². The van der Waals surface area contributed by atoms with Gasteiger partial charge in [-0.05, 0) is 48.2 Å². The van der Waals surface area contributed by atoms with E-state index in [0.29, 0.717) is 12.1 Å². The summed E-state index contributed by atoms with van der Waals surface area (Å²) in [5, 5.41) is 1.91. The minimum Gasteiger partial charge on any atom is -0.347 e. The normalized spacial score (nSPS) is 19.8. The van der Waals surface area contributed by atoms with Crippen molar-refractivity contribution in [1.29, 1.82) is 0 Å². The molecule has 0 saturated heterocycles.